The molecule has 0 aromatic rings. The second-order valence-electron chi connectivity index (χ2n) is 3.51. The Labute approximate surface area is 90.6 Å². The average molecular weight is 213 g/mol. The van der Waals surface area contributed by atoms with Gasteiger partial charge in [-0.25, -0.2) is 4.79 Å². The smallest absolute Gasteiger partial charge is 0.339 e. The third kappa shape index (κ3) is 2.88. The minimum Gasteiger partial charge on any atom is -0.479 e. The van der Waals surface area contributed by atoms with Gasteiger partial charge in [-0.3, -0.25) is 0 Å². The molecule has 86 valence electrons. The maximum absolute atomic E-state index is 11.7. The SMILES string of the molecule is CCOC(=O)C1=C(OCC)NCC[C@H]1C. The van der Waals surface area contributed by atoms with E-state index in [0.717, 1.165) is 13.0 Å². The van der Waals surface area contributed by atoms with Crippen LogP contribution in [-0.4, -0.2) is 25.7 Å². The summed E-state index contributed by atoms with van der Waals surface area (Å²) in [5, 5.41) is 3.10. The highest BCUT2D eigenvalue weighted by atomic mass is 16.5. The number of nitrogens with one attached hydrogen (secondary N) is 1. The van der Waals surface area contributed by atoms with Crippen molar-refractivity contribution >= 4 is 5.97 Å². The van der Waals surface area contributed by atoms with E-state index >= 15 is 0 Å². The summed E-state index contributed by atoms with van der Waals surface area (Å²) in [6, 6.07) is 0. The molecule has 1 heterocycles. The molecule has 1 aliphatic heterocycles. The van der Waals surface area contributed by atoms with Crippen LogP contribution in [0.4, 0.5) is 0 Å². The Hall–Kier alpha value is -1.19. The van der Waals surface area contributed by atoms with E-state index in [-0.39, 0.29) is 11.9 Å². The number of hydrogen-bond acceptors (Lipinski definition) is 4. The molecule has 0 bridgehead atoms. The first-order valence-electron chi connectivity index (χ1n) is 5.48. The van der Waals surface area contributed by atoms with Gasteiger partial charge in [0, 0.05) is 6.54 Å². The molecule has 0 aromatic heterocycles. The van der Waals surface area contributed by atoms with Gasteiger partial charge in [0.25, 0.3) is 0 Å². The second-order valence-corrected chi connectivity index (χ2v) is 3.51. The van der Waals surface area contributed by atoms with Gasteiger partial charge in [0.2, 0.25) is 0 Å². The standard InChI is InChI=1S/C11H19NO3/c1-4-14-10-9(11(13)15-5-2)8(3)6-7-12-10/h8,12H,4-7H2,1-3H3/t8-/m1/s1. The fourth-order valence-electron chi connectivity index (χ4n) is 1.64. The Bertz CT molecular complexity index is 261. The van der Waals surface area contributed by atoms with Gasteiger partial charge in [0.05, 0.1) is 18.8 Å². The molecule has 0 saturated heterocycles. The zero-order valence-corrected chi connectivity index (χ0v) is 9.63. The van der Waals surface area contributed by atoms with Crippen molar-refractivity contribution in [3.63, 3.8) is 0 Å². The van der Waals surface area contributed by atoms with Crippen molar-refractivity contribution in [1.29, 1.82) is 0 Å². The van der Waals surface area contributed by atoms with Crippen LogP contribution in [0.3, 0.4) is 0 Å². The largest absolute Gasteiger partial charge is 0.479 e. The van der Waals surface area contributed by atoms with Gasteiger partial charge in [0.1, 0.15) is 0 Å². The first-order chi connectivity index (χ1) is 7.20. The van der Waals surface area contributed by atoms with E-state index in [1.54, 1.807) is 6.92 Å². The molecule has 0 aromatic carbocycles. The lowest BCUT2D eigenvalue weighted by Gasteiger charge is -2.25. The molecule has 0 aliphatic carbocycles. The van der Waals surface area contributed by atoms with Crippen LogP contribution in [-0.2, 0) is 14.3 Å². The molecule has 1 atom stereocenters. The van der Waals surface area contributed by atoms with Crippen molar-refractivity contribution in [3.8, 4) is 0 Å². The summed E-state index contributed by atoms with van der Waals surface area (Å²) in [6.07, 6.45) is 0.935. The molecule has 1 rings (SSSR count). The molecule has 0 fully saturated rings. The lowest BCUT2D eigenvalue weighted by atomic mass is 9.95. The Morgan fingerprint density at radius 1 is 1.47 bits per heavy atom. The number of esters is 1. The summed E-state index contributed by atoms with van der Waals surface area (Å²) >= 11 is 0. The maximum Gasteiger partial charge on any atom is 0.339 e. The van der Waals surface area contributed by atoms with Crippen LogP contribution < -0.4 is 5.32 Å². The normalized spacial score (nSPS) is 20.9. The zero-order valence-electron chi connectivity index (χ0n) is 9.63. The summed E-state index contributed by atoms with van der Waals surface area (Å²) in [5.41, 5.74) is 0.643. The third-order valence-corrected chi connectivity index (χ3v) is 2.38. The molecule has 0 saturated carbocycles. The molecule has 0 unspecified atom stereocenters. The number of hydrogen-bond donors (Lipinski definition) is 1. The number of carbonyl (C=O) groups excluding carboxylic acids is 1. The molecule has 0 amide bonds. The minimum absolute atomic E-state index is 0.201. The minimum atomic E-state index is -0.263. The molecular formula is C11H19NO3. The van der Waals surface area contributed by atoms with Crippen molar-refractivity contribution < 1.29 is 14.3 Å². The average Bonchev–Trinajstić information content (AvgIpc) is 2.18. The predicted octanol–water partition coefficient (Wildman–Crippen LogP) is 1.43. The summed E-state index contributed by atoms with van der Waals surface area (Å²) in [4.78, 5) is 11.7. The van der Waals surface area contributed by atoms with Crippen LogP contribution >= 0.6 is 0 Å². The fourth-order valence-corrected chi connectivity index (χ4v) is 1.64. The van der Waals surface area contributed by atoms with E-state index in [9.17, 15) is 4.79 Å². The number of rotatable bonds is 4. The van der Waals surface area contributed by atoms with Gasteiger partial charge in [0.15, 0.2) is 5.88 Å². The van der Waals surface area contributed by atoms with Crippen molar-refractivity contribution in [1.82, 2.24) is 5.32 Å². The number of ether oxygens (including phenoxy) is 2. The van der Waals surface area contributed by atoms with Gasteiger partial charge in [-0.2, -0.15) is 0 Å². The van der Waals surface area contributed by atoms with E-state index in [2.05, 4.69) is 5.32 Å². The van der Waals surface area contributed by atoms with Gasteiger partial charge in [-0.15, -0.1) is 0 Å². The first kappa shape index (κ1) is 11.9. The Morgan fingerprint density at radius 3 is 2.80 bits per heavy atom. The topological polar surface area (TPSA) is 47.6 Å². The molecule has 4 heteroatoms. The molecule has 4 nitrogen and oxygen atoms in total. The highest BCUT2D eigenvalue weighted by Crippen LogP contribution is 2.23. The van der Waals surface area contributed by atoms with Gasteiger partial charge >= 0.3 is 5.97 Å². The van der Waals surface area contributed by atoms with Crippen LogP contribution in [0.2, 0.25) is 0 Å². The summed E-state index contributed by atoms with van der Waals surface area (Å²) in [7, 11) is 0. The van der Waals surface area contributed by atoms with E-state index in [0.29, 0.717) is 24.7 Å². The maximum atomic E-state index is 11.7. The second kappa shape index (κ2) is 5.63. The highest BCUT2D eigenvalue weighted by Gasteiger charge is 2.27. The van der Waals surface area contributed by atoms with Crippen molar-refractivity contribution in [3.05, 3.63) is 11.5 Å². The lowest BCUT2D eigenvalue weighted by Crippen LogP contribution is -2.32. The van der Waals surface area contributed by atoms with Crippen LogP contribution in [0.1, 0.15) is 27.2 Å². The monoisotopic (exact) mass is 213 g/mol. The Balaban J connectivity index is 2.86. The lowest BCUT2D eigenvalue weighted by molar-refractivity contribution is -0.139. The van der Waals surface area contributed by atoms with Crippen LogP contribution in [0.25, 0.3) is 0 Å². The summed E-state index contributed by atoms with van der Waals surface area (Å²) in [5.74, 6) is 0.530. The molecule has 0 spiro atoms. The zero-order chi connectivity index (χ0) is 11.3. The van der Waals surface area contributed by atoms with Crippen molar-refractivity contribution in [2.24, 2.45) is 5.92 Å². The molecule has 15 heavy (non-hydrogen) atoms. The fraction of sp³-hybridized carbons (Fsp3) is 0.727. The highest BCUT2D eigenvalue weighted by molar-refractivity contribution is 5.89. The predicted molar refractivity (Wildman–Crippen MR) is 57.1 cm³/mol. The Kier molecular flexibility index (Phi) is 4.46. The summed E-state index contributed by atoms with van der Waals surface area (Å²) in [6.45, 7) is 7.52. The van der Waals surface area contributed by atoms with Gasteiger partial charge < -0.3 is 14.8 Å². The van der Waals surface area contributed by atoms with Gasteiger partial charge in [-0.05, 0) is 26.2 Å². The summed E-state index contributed by atoms with van der Waals surface area (Å²) < 4.78 is 10.4. The van der Waals surface area contributed by atoms with Crippen molar-refractivity contribution in [2.45, 2.75) is 27.2 Å². The molecular weight excluding hydrogens is 194 g/mol. The van der Waals surface area contributed by atoms with Crippen LogP contribution in [0.5, 0.6) is 0 Å². The van der Waals surface area contributed by atoms with Crippen molar-refractivity contribution in [2.75, 3.05) is 19.8 Å². The van der Waals surface area contributed by atoms with E-state index in [1.165, 1.54) is 0 Å². The molecule has 1 aliphatic rings. The molecule has 1 N–H and O–H groups in total. The van der Waals surface area contributed by atoms with Crippen LogP contribution in [0.15, 0.2) is 11.5 Å². The van der Waals surface area contributed by atoms with E-state index in [4.69, 9.17) is 9.47 Å². The number of carbonyl (C=O) groups is 1. The van der Waals surface area contributed by atoms with Gasteiger partial charge in [-0.1, -0.05) is 6.92 Å². The van der Waals surface area contributed by atoms with E-state index in [1.807, 2.05) is 13.8 Å². The molecule has 0 radical (unpaired) electrons. The quantitative estimate of drug-likeness (QED) is 0.718. The first-order valence-corrected chi connectivity index (χ1v) is 5.48. The third-order valence-electron chi connectivity index (χ3n) is 2.38. The van der Waals surface area contributed by atoms with E-state index < -0.39 is 0 Å². The van der Waals surface area contributed by atoms with Crippen LogP contribution in [0, 0.1) is 5.92 Å². The Morgan fingerprint density at radius 2 is 2.20 bits per heavy atom.